The van der Waals surface area contributed by atoms with Crippen molar-refractivity contribution in [3.8, 4) is 17.2 Å². The summed E-state index contributed by atoms with van der Waals surface area (Å²) in [4.78, 5) is 39.9. The quantitative estimate of drug-likeness (QED) is 0.552. The summed E-state index contributed by atoms with van der Waals surface area (Å²) in [6, 6.07) is 12.0. The lowest BCUT2D eigenvalue weighted by molar-refractivity contribution is -0.126. The number of ether oxygens (including phenoxy) is 1. The molecule has 0 radical (unpaired) electrons. The largest absolute Gasteiger partial charge is 0.444 e. The molecule has 204 valence electrons. The molecular formula is C31H34FN3O4. The molecule has 3 aliphatic rings. The van der Waals surface area contributed by atoms with Gasteiger partial charge in [-0.1, -0.05) is 24.3 Å². The number of benzene rings is 2. The van der Waals surface area contributed by atoms with Crippen molar-refractivity contribution >= 4 is 17.8 Å². The second-order valence-electron chi connectivity index (χ2n) is 11.9. The number of hydrogen-bond acceptors (Lipinski definition) is 5. The number of carbonyl (C=O) groups is 3. The van der Waals surface area contributed by atoms with Gasteiger partial charge in [0.2, 0.25) is 0 Å². The first-order valence-corrected chi connectivity index (χ1v) is 13.7. The summed E-state index contributed by atoms with van der Waals surface area (Å²) in [5, 5.41) is 12.7. The van der Waals surface area contributed by atoms with Crippen molar-refractivity contribution in [3.63, 3.8) is 0 Å². The highest BCUT2D eigenvalue weighted by Crippen LogP contribution is 2.44. The zero-order valence-corrected chi connectivity index (χ0v) is 22.6. The molecule has 1 unspecified atom stereocenters. The predicted molar refractivity (Wildman–Crippen MR) is 143 cm³/mol. The van der Waals surface area contributed by atoms with Gasteiger partial charge in [-0.3, -0.25) is 14.5 Å². The van der Waals surface area contributed by atoms with Crippen molar-refractivity contribution in [3.05, 3.63) is 58.9 Å². The van der Waals surface area contributed by atoms with Gasteiger partial charge in [0.15, 0.2) is 5.78 Å². The summed E-state index contributed by atoms with van der Waals surface area (Å²) in [6.07, 6.45) is 2.80. The molecule has 2 heterocycles. The number of nitrogens with zero attached hydrogens (tertiary/aromatic N) is 2. The number of nitriles is 1. The number of halogens is 1. The molecule has 8 heteroatoms. The number of likely N-dealkylation sites (tertiary alicyclic amines) is 1. The standard InChI is InChI=1S/C31H34FN3O4/c1-31(2,3)39-30(38)35-24-8-6-23(15-24)28(35)27(36)13-18(17-33)12-22-5-4-20(16-26(22)32)19-7-9-25-21(14-19)10-11-34-29(25)37/h4-5,7,9,14,16,18,23-24,28H,6,8,10-13,15H2,1-3H3,(H,34,37)/t18?,23-,24+,28-/m0/s1. The summed E-state index contributed by atoms with van der Waals surface area (Å²) in [5.41, 5.74) is 2.78. The average Bonchev–Trinajstić information content (AvgIpc) is 3.50. The van der Waals surface area contributed by atoms with Crippen LogP contribution < -0.4 is 5.32 Å². The molecule has 1 aliphatic carbocycles. The number of amides is 2. The van der Waals surface area contributed by atoms with Crippen LogP contribution in [0.5, 0.6) is 0 Å². The van der Waals surface area contributed by atoms with Crippen molar-refractivity contribution in [2.24, 2.45) is 11.8 Å². The van der Waals surface area contributed by atoms with E-state index in [0.29, 0.717) is 23.2 Å². The van der Waals surface area contributed by atoms with E-state index in [0.717, 1.165) is 36.8 Å². The molecule has 2 fully saturated rings. The maximum atomic E-state index is 15.2. The van der Waals surface area contributed by atoms with Crippen LogP contribution in [0.25, 0.3) is 11.1 Å². The molecule has 1 N–H and O–H groups in total. The Bertz CT molecular complexity index is 1360. The van der Waals surface area contributed by atoms with Crippen LogP contribution in [0.1, 0.15) is 67.9 Å². The number of piperidine rings is 1. The molecule has 2 aliphatic heterocycles. The molecule has 1 saturated heterocycles. The lowest BCUT2D eigenvalue weighted by atomic mass is 9.87. The molecule has 4 atom stereocenters. The third-order valence-corrected chi connectivity index (χ3v) is 8.03. The van der Waals surface area contributed by atoms with Gasteiger partial charge in [-0.2, -0.15) is 5.26 Å². The van der Waals surface area contributed by atoms with E-state index >= 15 is 4.39 Å². The van der Waals surface area contributed by atoms with Gasteiger partial charge >= 0.3 is 6.09 Å². The first-order chi connectivity index (χ1) is 18.5. The van der Waals surface area contributed by atoms with Crippen LogP contribution in [0.2, 0.25) is 0 Å². The third-order valence-electron chi connectivity index (χ3n) is 8.03. The number of ketones is 1. The lowest BCUT2D eigenvalue weighted by Gasteiger charge is -2.35. The Morgan fingerprint density at radius 3 is 2.64 bits per heavy atom. The van der Waals surface area contributed by atoms with Gasteiger partial charge in [-0.15, -0.1) is 0 Å². The van der Waals surface area contributed by atoms with E-state index < -0.39 is 29.5 Å². The fraction of sp³-hybridized carbons (Fsp3) is 0.484. The molecule has 1 saturated carbocycles. The SMILES string of the molecule is CC(C)(C)OC(=O)N1[C@@H]2CC[C@@H](C2)[C@H]1C(=O)CC(C#N)Cc1ccc(-c2ccc3c(c2)CCNC3=O)cc1F. The fourth-order valence-electron chi connectivity index (χ4n) is 6.27. The third kappa shape index (κ3) is 5.54. The lowest BCUT2D eigenvalue weighted by Crippen LogP contribution is -2.51. The molecule has 0 spiro atoms. The van der Waals surface area contributed by atoms with Crippen LogP contribution in [-0.2, 0) is 22.4 Å². The maximum Gasteiger partial charge on any atom is 0.411 e. The summed E-state index contributed by atoms with van der Waals surface area (Å²) in [5.74, 6) is -1.32. The van der Waals surface area contributed by atoms with Crippen molar-refractivity contribution in [1.82, 2.24) is 10.2 Å². The Morgan fingerprint density at radius 1 is 1.18 bits per heavy atom. The van der Waals surface area contributed by atoms with Crippen LogP contribution >= 0.6 is 0 Å². The van der Waals surface area contributed by atoms with E-state index in [-0.39, 0.29) is 36.5 Å². The number of rotatable bonds is 6. The Hall–Kier alpha value is -3.73. The summed E-state index contributed by atoms with van der Waals surface area (Å²) in [7, 11) is 0. The molecular weight excluding hydrogens is 497 g/mol. The highest BCUT2D eigenvalue weighted by molar-refractivity contribution is 5.97. The topological polar surface area (TPSA) is 99.5 Å². The minimum Gasteiger partial charge on any atom is -0.444 e. The van der Waals surface area contributed by atoms with E-state index in [2.05, 4.69) is 11.4 Å². The van der Waals surface area contributed by atoms with Gasteiger partial charge in [0.1, 0.15) is 11.4 Å². The number of Topliss-reactive ketones (excluding diaryl/α,β-unsaturated/α-hetero) is 1. The highest BCUT2D eigenvalue weighted by Gasteiger charge is 2.52. The van der Waals surface area contributed by atoms with Gasteiger partial charge in [0, 0.05) is 24.6 Å². The van der Waals surface area contributed by atoms with Crippen molar-refractivity contribution in [2.45, 2.75) is 77.0 Å². The second-order valence-corrected chi connectivity index (χ2v) is 11.9. The van der Waals surface area contributed by atoms with E-state index in [4.69, 9.17) is 4.74 Å². The number of hydrogen-bond donors (Lipinski definition) is 1. The average molecular weight is 532 g/mol. The zero-order valence-electron chi connectivity index (χ0n) is 22.6. The predicted octanol–water partition coefficient (Wildman–Crippen LogP) is 5.21. The smallest absolute Gasteiger partial charge is 0.411 e. The number of carbonyl (C=O) groups excluding carboxylic acids is 3. The molecule has 2 aromatic rings. The Kier molecular flexibility index (Phi) is 7.19. The minimum absolute atomic E-state index is 0.0118. The monoisotopic (exact) mass is 531 g/mol. The molecule has 5 rings (SSSR count). The Morgan fingerprint density at radius 2 is 1.92 bits per heavy atom. The Labute approximate surface area is 228 Å². The van der Waals surface area contributed by atoms with Crippen molar-refractivity contribution in [2.75, 3.05) is 6.54 Å². The molecule has 39 heavy (non-hydrogen) atoms. The van der Waals surface area contributed by atoms with Crippen LogP contribution in [0.15, 0.2) is 36.4 Å². The normalized spacial score (nSPS) is 22.6. The van der Waals surface area contributed by atoms with Crippen molar-refractivity contribution in [1.29, 1.82) is 5.26 Å². The summed E-state index contributed by atoms with van der Waals surface area (Å²) < 4.78 is 20.8. The zero-order chi connectivity index (χ0) is 27.9. The number of fused-ring (bicyclic) bond motifs is 3. The first-order valence-electron chi connectivity index (χ1n) is 13.7. The number of nitrogens with one attached hydrogen (secondary N) is 1. The summed E-state index contributed by atoms with van der Waals surface area (Å²) >= 11 is 0. The van der Waals surface area contributed by atoms with Crippen LogP contribution in [-0.4, -0.2) is 46.9 Å². The molecule has 0 aromatic heterocycles. The van der Waals surface area contributed by atoms with E-state index in [1.165, 1.54) is 6.07 Å². The van der Waals surface area contributed by atoms with Crippen LogP contribution in [0.4, 0.5) is 9.18 Å². The first kappa shape index (κ1) is 26.9. The second kappa shape index (κ2) is 10.4. The van der Waals surface area contributed by atoms with Gasteiger partial charge in [0.25, 0.3) is 5.91 Å². The molecule has 2 aromatic carbocycles. The van der Waals surface area contributed by atoms with E-state index in [1.807, 2.05) is 6.07 Å². The molecule has 2 amide bonds. The van der Waals surface area contributed by atoms with E-state index in [9.17, 15) is 19.6 Å². The van der Waals surface area contributed by atoms with Gasteiger partial charge in [0.05, 0.1) is 18.0 Å². The fourth-order valence-corrected chi connectivity index (χ4v) is 6.27. The van der Waals surface area contributed by atoms with E-state index in [1.54, 1.807) is 49.9 Å². The minimum atomic E-state index is -0.709. The van der Waals surface area contributed by atoms with Crippen LogP contribution in [0, 0.1) is 29.0 Å². The van der Waals surface area contributed by atoms with Crippen molar-refractivity contribution < 1.29 is 23.5 Å². The maximum absolute atomic E-state index is 15.2. The van der Waals surface area contributed by atoms with Gasteiger partial charge in [-0.05, 0) is 93.2 Å². The van der Waals surface area contributed by atoms with Gasteiger partial charge in [-0.25, -0.2) is 9.18 Å². The molecule has 2 bridgehead atoms. The van der Waals surface area contributed by atoms with Gasteiger partial charge < -0.3 is 10.1 Å². The van der Waals surface area contributed by atoms with Crippen LogP contribution in [0.3, 0.4) is 0 Å². The highest BCUT2D eigenvalue weighted by atomic mass is 19.1. The summed E-state index contributed by atoms with van der Waals surface area (Å²) in [6.45, 7) is 5.97. The Balaban J connectivity index is 1.28. The molecule has 7 nitrogen and oxygen atoms in total.